The van der Waals surface area contributed by atoms with Gasteiger partial charge in [0.05, 0.1) is 17.5 Å². The number of alkyl halides is 2. The van der Waals surface area contributed by atoms with Crippen LogP contribution >= 0.6 is 0 Å². The second kappa shape index (κ2) is 15.0. The molecular weight excluding hydrogens is 550 g/mol. The molecule has 0 spiro atoms. The van der Waals surface area contributed by atoms with E-state index in [9.17, 15) is 18.7 Å². The minimum atomic E-state index is -3.14. The Balaban J connectivity index is 1.51. The van der Waals surface area contributed by atoms with Gasteiger partial charge in [-0.1, -0.05) is 24.6 Å². The highest BCUT2D eigenvalue weighted by Gasteiger charge is 2.35. The summed E-state index contributed by atoms with van der Waals surface area (Å²) >= 11 is 0. The van der Waals surface area contributed by atoms with E-state index in [1.165, 1.54) is 24.8 Å². The van der Waals surface area contributed by atoms with Crippen LogP contribution in [-0.4, -0.2) is 76.5 Å². The Morgan fingerprint density at radius 1 is 1.07 bits per heavy atom. The van der Waals surface area contributed by atoms with Crippen LogP contribution in [0.1, 0.15) is 116 Å². The number of hydrogen-bond donors (Lipinski definition) is 1. The van der Waals surface area contributed by atoms with Crippen molar-refractivity contribution in [1.82, 2.24) is 20.0 Å². The van der Waals surface area contributed by atoms with E-state index in [0.29, 0.717) is 32.2 Å². The smallest absolute Gasteiger partial charge is 0.353 e. The molecule has 4 rings (SSSR count). The average molecular weight is 601 g/mol. The molecule has 2 aliphatic rings. The van der Waals surface area contributed by atoms with Crippen molar-refractivity contribution >= 4 is 5.97 Å². The Bertz CT molecular complexity index is 1210. The number of likely N-dealkylation sites (tertiary alicyclic amines) is 1. The zero-order valence-corrected chi connectivity index (χ0v) is 26.6. The van der Waals surface area contributed by atoms with Crippen molar-refractivity contribution in [1.29, 1.82) is 0 Å². The molecule has 1 saturated carbocycles. The highest BCUT2D eigenvalue weighted by molar-refractivity contribution is 5.76. The molecular formula is C34H50F2N4O3. The number of halogens is 2. The van der Waals surface area contributed by atoms with Gasteiger partial charge in [0.1, 0.15) is 6.04 Å². The van der Waals surface area contributed by atoms with E-state index in [2.05, 4.69) is 21.2 Å². The topological polar surface area (TPSA) is 78.8 Å². The van der Waals surface area contributed by atoms with E-state index in [-0.39, 0.29) is 11.8 Å². The zero-order chi connectivity index (χ0) is 31.1. The summed E-state index contributed by atoms with van der Waals surface area (Å²) in [6.45, 7) is 10.7. The van der Waals surface area contributed by atoms with Gasteiger partial charge in [-0.05, 0) is 146 Å². The normalized spacial score (nSPS) is 21.6. The van der Waals surface area contributed by atoms with Gasteiger partial charge < -0.3 is 14.7 Å². The number of benzene rings is 1. The van der Waals surface area contributed by atoms with Crippen molar-refractivity contribution in [3.05, 3.63) is 57.9 Å². The number of likely N-dealkylation sites (N-methyl/N-ethyl adjacent to an activating group) is 1. The maximum atomic E-state index is 13.5. The van der Waals surface area contributed by atoms with E-state index in [1.54, 1.807) is 0 Å². The van der Waals surface area contributed by atoms with Crippen molar-refractivity contribution in [2.45, 2.75) is 116 Å². The predicted molar refractivity (Wildman–Crippen MR) is 165 cm³/mol. The first kappa shape index (κ1) is 33.4. The molecule has 43 heavy (non-hydrogen) atoms. The number of piperidine rings is 1. The lowest BCUT2D eigenvalue weighted by molar-refractivity contribution is -0.254. The fourth-order valence-corrected chi connectivity index (χ4v) is 7.27. The van der Waals surface area contributed by atoms with Gasteiger partial charge in [0.15, 0.2) is 0 Å². The third-order valence-electron chi connectivity index (χ3n) is 9.44. The molecule has 2 fully saturated rings. The number of ether oxygens (including phenoxy) is 1. The van der Waals surface area contributed by atoms with E-state index in [0.717, 1.165) is 67.5 Å². The second-order valence-electron chi connectivity index (χ2n) is 12.9. The Kier molecular flexibility index (Phi) is 11.6. The van der Waals surface area contributed by atoms with Gasteiger partial charge in [0.25, 0.3) is 0 Å². The Morgan fingerprint density at radius 2 is 1.77 bits per heavy atom. The third-order valence-corrected chi connectivity index (χ3v) is 9.44. The molecule has 2 atom stereocenters. The van der Waals surface area contributed by atoms with Crippen LogP contribution in [0.3, 0.4) is 0 Å². The molecule has 2 aromatic rings. The van der Waals surface area contributed by atoms with Crippen molar-refractivity contribution < 1.29 is 23.4 Å². The molecule has 2 heterocycles. The average Bonchev–Trinajstić information content (AvgIpc) is 2.95. The fourth-order valence-electron chi connectivity index (χ4n) is 7.27. The van der Waals surface area contributed by atoms with E-state index >= 15 is 0 Å². The highest BCUT2D eigenvalue weighted by Crippen LogP contribution is 2.41. The van der Waals surface area contributed by atoms with E-state index in [1.807, 2.05) is 50.9 Å². The molecule has 1 aromatic heterocycles. The van der Waals surface area contributed by atoms with Gasteiger partial charge in [-0.2, -0.15) is 19.0 Å². The molecule has 1 aliphatic carbocycles. The van der Waals surface area contributed by atoms with Crippen LogP contribution < -0.4 is 0 Å². The van der Waals surface area contributed by atoms with E-state index < -0.39 is 24.2 Å². The van der Waals surface area contributed by atoms with Gasteiger partial charge in [0, 0.05) is 6.92 Å². The number of aliphatic carboxylic acids is 1. The quantitative estimate of drug-likeness (QED) is 0.261. The standard InChI is InChI=1S/C34H50F2N4O3/c1-23-10-9-11-29(31(23)27-12-14-28(15-13-27)43-34(4,35)36)32(33(41)42)39(5)20-16-26(17-21-40-18-7-6-8-19-40)30-22-24(2)37-38-25(30)3/h9-11,22,26-28,32H,6-8,12-21H2,1-5H3,(H,41,42)/t26?,27?,28?,32-/m0/s1. The molecule has 9 heteroatoms. The Labute approximate surface area is 256 Å². The van der Waals surface area contributed by atoms with Crippen LogP contribution in [-0.2, 0) is 9.53 Å². The molecule has 7 nitrogen and oxygen atoms in total. The van der Waals surface area contributed by atoms with Crippen molar-refractivity contribution in [2.24, 2.45) is 0 Å². The molecule has 1 unspecified atom stereocenters. The van der Waals surface area contributed by atoms with Crippen LogP contribution in [0.5, 0.6) is 0 Å². The first-order chi connectivity index (χ1) is 20.4. The maximum Gasteiger partial charge on any atom is 0.353 e. The van der Waals surface area contributed by atoms with Gasteiger partial charge in [-0.3, -0.25) is 9.69 Å². The summed E-state index contributed by atoms with van der Waals surface area (Å²) in [6.07, 6.45) is 4.46. The molecule has 1 saturated heterocycles. The first-order valence-electron chi connectivity index (χ1n) is 16.0. The Morgan fingerprint density at radius 3 is 2.42 bits per heavy atom. The SMILES string of the molecule is Cc1cc(C(CCN2CCCCC2)CCN(C)[C@H](C(=O)O)c2cccc(C)c2C2CCC(OC(C)(F)F)CC2)c(C)nn1. The summed E-state index contributed by atoms with van der Waals surface area (Å²) in [5.41, 5.74) is 5.95. The van der Waals surface area contributed by atoms with Crippen LogP contribution in [0.4, 0.5) is 8.78 Å². The summed E-state index contributed by atoms with van der Waals surface area (Å²) in [5, 5.41) is 19.2. The molecule has 1 aliphatic heterocycles. The van der Waals surface area contributed by atoms with E-state index in [4.69, 9.17) is 4.74 Å². The number of nitrogens with zero attached hydrogens (tertiary/aromatic N) is 4. The summed E-state index contributed by atoms with van der Waals surface area (Å²) < 4.78 is 31.9. The Hall–Kier alpha value is -2.49. The monoisotopic (exact) mass is 600 g/mol. The summed E-state index contributed by atoms with van der Waals surface area (Å²) in [4.78, 5) is 17.4. The zero-order valence-electron chi connectivity index (χ0n) is 26.6. The molecule has 0 bridgehead atoms. The van der Waals surface area contributed by atoms with Gasteiger partial charge in [-0.15, -0.1) is 0 Å². The highest BCUT2D eigenvalue weighted by atomic mass is 19.3. The van der Waals surface area contributed by atoms with Gasteiger partial charge in [-0.25, -0.2) is 0 Å². The van der Waals surface area contributed by atoms with Crippen molar-refractivity contribution in [2.75, 3.05) is 33.2 Å². The van der Waals surface area contributed by atoms with Crippen LogP contribution in [0.25, 0.3) is 0 Å². The van der Waals surface area contributed by atoms with Gasteiger partial charge >= 0.3 is 12.1 Å². The van der Waals surface area contributed by atoms with Crippen LogP contribution in [0.15, 0.2) is 24.3 Å². The lowest BCUT2D eigenvalue weighted by Crippen LogP contribution is -2.35. The number of carbonyl (C=O) groups is 1. The minimum Gasteiger partial charge on any atom is -0.480 e. The molecule has 0 radical (unpaired) electrons. The van der Waals surface area contributed by atoms with Crippen LogP contribution in [0.2, 0.25) is 0 Å². The van der Waals surface area contributed by atoms with Gasteiger partial charge in [0.2, 0.25) is 0 Å². The van der Waals surface area contributed by atoms with Crippen LogP contribution in [0, 0.1) is 20.8 Å². The summed E-state index contributed by atoms with van der Waals surface area (Å²) in [7, 11) is 1.91. The fraction of sp³-hybridized carbons (Fsp3) is 0.676. The minimum absolute atomic E-state index is 0.114. The molecule has 1 aromatic carbocycles. The maximum absolute atomic E-state index is 13.5. The summed E-state index contributed by atoms with van der Waals surface area (Å²) in [5.74, 6) is -0.515. The summed E-state index contributed by atoms with van der Waals surface area (Å²) in [6, 6.07) is 7.24. The van der Waals surface area contributed by atoms with Crippen molar-refractivity contribution in [3.8, 4) is 0 Å². The molecule has 0 amide bonds. The largest absolute Gasteiger partial charge is 0.480 e. The third kappa shape index (κ3) is 9.25. The number of carboxylic acid groups (broad SMARTS) is 1. The lowest BCUT2D eigenvalue weighted by Gasteiger charge is -2.35. The molecule has 238 valence electrons. The lowest BCUT2D eigenvalue weighted by atomic mass is 9.77. The number of hydrogen-bond acceptors (Lipinski definition) is 6. The second-order valence-corrected chi connectivity index (χ2v) is 12.9. The van der Waals surface area contributed by atoms with Crippen molar-refractivity contribution in [3.63, 3.8) is 0 Å². The number of aromatic nitrogens is 2. The number of carboxylic acids is 1. The first-order valence-corrected chi connectivity index (χ1v) is 16.0. The predicted octanol–water partition coefficient (Wildman–Crippen LogP) is 7.16. The molecule has 1 N–H and O–H groups in total. The number of rotatable bonds is 13. The number of aryl methyl sites for hydroxylation is 3.